The molecule has 0 spiro atoms. The molecule has 0 unspecified atom stereocenters. The van der Waals surface area contributed by atoms with Gasteiger partial charge in [0.1, 0.15) is 11.8 Å². The van der Waals surface area contributed by atoms with Crippen molar-refractivity contribution in [2.24, 2.45) is 0 Å². The van der Waals surface area contributed by atoms with Gasteiger partial charge in [-0.3, -0.25) is 4.79 Å². The van der Waals surface area contributed by atoms with Gasteiger partial charge in [0.2, 0.25) is 10.0 Å². The van der Waals surface area contributed by atoms with E-state index in [0.717, 1.165) is 11.3 Å². The van der Waals surface area contributed by atoms with Crippen LogP contribution in [0.25, 0.3) is 0 Å². The molecular weight excluding hydrogens is 384 g/mol. The summed E-state index contributed by atoms with van der Waals surface area (Å²) in [7, 11) is -2.04. The molecule has 2 heterocycles. The first kappa shape index (κ1) is 20.6. The van der Waals surface area contributed by atoms with Gasteiger partial charge in [0.15, 0.2) is 6.67 Å². The fraction of sp³-hybridized carbons (Fsp3) is 0.556. The number of amides is 3. The predicted molar refractivity (Wildman–Crippen MR) is 101 cm³/mol. The second-order valence-electron chi connectivity index (χ2n) is 7.04. The van der Waals surface area contributed by atoms with Gasteiger partial charge < -0.3 is 15.0 Å². The number of quaternary nitrogens is 1. The molecule has 3 amide bonds. The number of rotatable bonds is 7. The van der Waals surface area contributed by atoms with Crippen LogP contribution in [0.5, 0.6) is 5.75 Å². The summed E-state index contributed by atoms with van der Waals surface area (Å²) >= 11 is 0. The maximum atomic E-state index is 12.8. The molecule has 1 aromatic carbocycles. The highest BCUT2D eigenvalue weighted by molar-refractivity contribution is 7.89. The van der Waals surface area contributed by atoms with Gasteiger partial charge in [-0.25, -0.2) is 18.1 Å². The lowest BCUT2D eigenvalue weighted by Crippen LogP contribution is -3.16. The molecule has 1 aromatic rings. The van der Waals surface area contributed by atoms with E-state index in [1.165, 1.54) is 28.4 Å². The summed E-state index contributed by atoms with van der Waals surface area (Å²) in [6.07, 6.45) is 1.45. The summed E-state index contributed by atoms with van der Waals surface area (Å²) in [5.74, 6) is 0.413. The molecule has 3 rings (SSSR count). The molecule has 9 nitrogen and oxygen atoms in total. The quantitative estimate of drug-likeness (QED) is 0.576. The Morgan fingerprint density at radius 1 is 1.18 bits per heavy atom. The number of methoxy groups -OCH3 is 1. The van der Waals surface area contributed by atoms with Crippen LogP contribution in [0, 0.1) is 0 Å². The fourth-order valence-corrected chi connectivity index (χ4v) is 4.97. The summed E-state index contributed by atoms with van der Waals surface area (Å²) in [6.45, 7) is 3.98. The second-order valence-corrected chi connectivity index (χ2v) is 8.98. The lowest BCUT2D eigenvalue weighted by molar-refractivity contribution is -0.910. The van der Waals surface area contributed by atoms with Crippen LogP contribution in [0.4, 0.5) is 4.79 Å². The van der Waals surface area contributed by atoms with Crippen molar-refractivity contribution in [3.05, 3.63) is 24.3 Å². The number of hydrogen-bond donors (Lipinski definition) is 2. The monoisotopic (exact) mass is 411 g/mol. The molecule has 154 valence electrons. The van der Waals surface area contributed by atoms with Gasteiger partial charge in [-0.15, -0.1) is 0 Å². The van der Waals surface area contributed by atoms with Crippen LogP contribution in [0.2, 0.25) is 0 Å². The van der Waals surface area contributed by atoms with Gasteiger partial charge in [0.05, 0.1) is 38.2 Å². The van der Waals surface area contributed by atoms with Crippen molar-refractivity contribution >= 4 is 22.0 Å². The topological polar surface area (TPSA) is 100 Å². The van der Waals surface area contributed by atoms with Crippen LogP contribution in [0.1, 0.15) is 19.8 Å². The Labute approximate surface area is 165 Å². The molecule has 0 bridgehead atoms. The number of hydrogen-bond acceptors (Lipinski definition) is 5. The van der Waals surface area contributed by atoms with E-state index in [-0.39, 0.29) is 23.5 Å². The molecule has 0 saturated carbocycles. The average Bonchev–Trinajstić information content (AvgIpc) is 2.96. The summed E-state index contributed by atoms with van der Waals surface area (Å²) < 4.78 is 32.1. The number of nitrogens with zero attached hydrogens (tertiary/aromatic N) is 2. The van der Waals surface area contributed by atoms with Gasteiger partial charge in [-0.1, -0.05) is 13.3 Å². The third kappa shape index (κ3) is 4.13. The third-order valence-corrected chi connectivity index (χ3v) is 7.11. The Hall–Kier alpha value is -2.17. The van der Waals surface area contributed by atoms with E-state index >= 15 is 0 Å². The number of carbonyl (C=O) groups excluding carboxylic acids is 2. The number of carbonyl (C=O) groups is 2. The van der Waals surface area contributed by atoms with Crippen LogP contribution in [0.3, 0.4) is 0 Å². The molecule has 0 aromatic heterocycles. The minimum atomic E-state index is -3.57. The maximum absolute atomic E-state index is 12.8. The first-order chi connectivity index (χ1) is 13.4. The van der Waals surface area contributed by atoms with Crippen molar-refractivity contribution in [1.82, 2.24) is 14.5 Å². The highest BCUT2D eigenvalue weighted by atomic mass is 32.2. The third-order valence-electron chi connectivity index (χ3n) is 5.19. The van der Waals surface area contributed by atoms with Crippen LogP contribution in [-0.2, 0) is 14.8 Å². The molecule has 0 aliphatic carbocycles. The lowest BCUT2D eigenvalue weighted by atomic mass is 10.2. The molecule has 2 N–H and O–H groups in total. The number of ether oxygens (including phenoxy) is 1. The SMILES string of the molecule is CCC[C@@H]1NC(=O)N(C[NH+]2CCN(S(=O)(=O)c3ccc(OC)cc3)CC2)C1=O. The number of imide groups is 1. The predicted octanol–water partition coefficient (Wildman–Crippen LogP) is -0.738. The van der Waals surface area contributed by atoms with Crippen molar-refractivity contribution in [3.8, 4) is 5.75 Å². The zero-order chi connectivity index (χ0) is 20.3. The first-order valence-corrected chi connectivity index (χ1v) is 10.9. The molecule has 0 radical (unpaired) electrons. The van der Waals surface area contributed by atoms with Crippen LogP contribution >= 0.6 is 0 Å². The molecule has 2 saturated heterocycles. The number of nitrogens with one attached hydrogen (secondary N) is 2. The van der Waals surface area contributed by atoms with Crippen LogP contribution in [-0.4, -0.2) is 75.6 Å². The standard InChI is InChI=1S/C18H26N4O5S/c1-3-4-16-17(23)22(18(24)19-16)13-20-9-11-21(12-10-20)28(25,26)15-7-5-14(27-2)6-8-15/h5-8,16H,3-4,9-13H2,1-2H3,(H,19,24)/p+1/t16-/m0/s1. The van der Waals surface area contributed by atoms with E-state index < -0.39 is 16.1 Å². The molecular formula is C18H27N4O5S+. The Bertz CT molecular complexity index is 819. The number of sulfonamides is 1. The molecule has 1 atom stereocenters. The van der Waals surface area contributed by atoms with Gasteiger partial charge >= 0.3 is 6.03 Å². The molecule has 2 fully saturated rings. The first-order valence-electron chi connectivity index (χ1n) is 9.46. The molecule has 28 heavy (non-hydrogen) atoms. The fourth-order valence-electron chi connectivity index (χ4n) is 3.53. The summed E-state index contributed by atoms with van der Waals surface area (Å²) in [6, 6.07) is 5.53. The largest absolute Gasteiger partial charge is 0.497 e. The molecule has 10 heteroatoms. The van der Waals surface area contributed by atoms with Crippen LogP contribution < -0.4 is 15.0 Å². The number of urea groups is 1. The Kier molecular flexibility index (Phi) is 6.21. The van der Waals surface area contributed by atoms with Crippen molar-refractivity contribution < 1.29 is 27.6 Å². The molecule has 2 aliphatic rings. The van der Waals surface area contributed by atoms with Crippen molar-refractivity contribution in [3.63, 3.8) is 0 Å². The van der Waals surface area contributed by atoms with Gasteiger partial charge in [0, 0.05) is 0 Å². The highest BCUT2D eigenvalue weighted by Crippen LogP contribution is 2.19. The van der Waals surface area contributed by atoms with Crippen molar-refractivity contribution in [2.45, 2.75) is 30.7 Å². The second kappa shape index (κ2) is 8.46. The van der Waals surface area contributed by atoms with Gasteiger partial charge in [-0.2, -0.15) is 4.31 Å². The van der Waals surface area contributed by atoms with Crippen LogP contribution in [0.15, 0.2) is 29.2 Å². The summed E-state index contributed by atoms with van der Waals surface area (Å²) in [4.78, 5) is 26.9. The normalized spacial score (nSPS) is 21.8. The average molecular weight is 412 g/mol. The summed E-state index contributed by atoms with van der Waals surface area (Å²) in [5, 5.41) is 2.72. The van der Waals surface area contributed by atoms with Gasteiger partial charge in [-0.05, 0) is 30.7 Å². The zero-order valence-corrected chi connectivity index (χ0v) is 17.0. The molecule has 2 aliphatic heterocycles. The maximum Gasteiger partial charge on any atom is 0.329 e. The van der Waals surface area contributed by atoms with Crippen molar-refractivity contribution in [1.29, 1.82) is 0 Å². The van der Waals surface area contributed by atoms with E-state index in [2.05, 4.69) is 5.32 Å². The zero-order valence-electron chi connectivity index (χ0n) is 16.2. The Morgan fingerprint density at radius 3 is 2.39 bits per heavy atom. The lowest BCUT2D eigenvalue weighted by Gasteiger charge is -2.32. The smallest absolute Gasteiger partial charge is 0.329 e. The minimum Gasteiger partial charge on any atom is -0.497 e. The number of benzene rings is 1. The van der Waals surface area contributed by atoms with E-state index in [1.807, 2.05) is 6.92 Å². The van der Waals surface area contributed by atoms with Gasteiger partial charge in [0.25, 0.3) is 5.91 Å². The van der Waals surface area contributed by atoms with E-state index in [0.29, 0.717) is 38.3 Å². The van der Waals surface area contributed by atoms with E-state index in [1.54, 1.807) is 12.1 Å². The highest BCUT2D eigenvalue weighted by Gasteiger charge is 2.40. The number of piperazine rings is 1. The minimum absolute atomic E-state index is 0.187. The van der Waals surface area contributed by atoms with Crippen molar-refractivity contribution in [2.75, 3.05) is 40.0 Å². The Morgan fingerprint density at radius 2 is 1.82 bits per heavy atom. The summed E-state index contributed by atoms with van der Waals surface area (Å²) in [5.41, 5.74) is 0. The van der Waals surface area contributed by atoms with E-state index in [4.69, 9.17) is 4.74 Å². The van der Waals surface area contributed by atoms with E-state index in [9.17, 15) is 18.0 Å². The Balaban J connectivity index is 1.58.